The molecule has 2 heterocycles. The number of carbonyl (C=O) groups is 2. The molecule has 6 heteroatoms. The minimum atomic E-state index is -0.260. The third kappa shape index (κ3) is 5.40. The smallest absolute Gasteiger partial charge is 0.254 e. The molecular weight excluding hydrogens is 472 g/mol. The van der Waals surface area contributed by atoms with Gasteiger partial charge in [0.1, 0.15) is 5.82 Å². The molecule has 0 saturated carbocycles. The van der Waals surface area contributed by atoms with Crippen LogP contribution < -0.4 is 11.1 Å². The Morgan fingerprint density at radius 3 is 2.53 bits per heavy atom. The molecule has 2 amide bonds. The van der Waals surface area contributed by atoms with Crippen LogP contribution in [-0.2, 0) is 17.8 Å². The molecule has 4 aromatic rings. The number of fused-ring (bicyclic) bond motifs is 1. The van der Waals surface area contributed by atoms with Crippen LogP contribution in [0, 0.1) is 12.8 Å². The highest BCUT2D eigenvalue weighted by atomic mass is 16.2. The van der Waals surface area contributed by atoms with Gasteiger partial charge in [-0.15, -0.1) is 0 Å². The molecule has 3 aromatic carbocycles. The van der Waals surface area contributed by atoms with E-state index in [-0.39, 0.29) is 17.7 Å². The summed E-state index contributed by atoms with van der Waals surface area (Å²) < 4.78 is 0. The first-order valence-electron chi connectivity index (χ1n) is 13.3. The molecule has 1 saturated heterocycles. The van der Waals surface area contributed by atoms with E-state index >= 15 is 0 Å². The van der Waals surface area contributed by atoms with Crippen molar-refractivity contribution in [1.82, 2.24) is 15.2 Å². The summed E-state index contributed by atoms with van der Waals surface area (Å²) in [6.07, 6.45) is 2.60. The number of amides is 2. The lowest BCUT2D eigenvalue weighted by molar-refractivity contribution is -0.124. The number of anilines is 1. The fraction of sp³-hybridized carbons (Fsp3) is 0.281. The summed E-state index contributed by atoms with van der Waals surface area (Å²) in [5, 5.41) is 3.95. The van der Waals surface area contributed by atoms with Gasteiger partial charge in [-0.1, -0.05) is 55.5 Å². The Hall–Kier alpha value is -4.19. The normalized spacial score (nSPS) is 14.0. The minimum Gasteiger partial charge on any atom is -0.383 e. The van der Waals surface area contributed by atoms with Crippen LogP contribution >= 0.6 is 0 Å². The Morgan fingerprint density at radius 2 is 1.76 bits per heavy atom. The molecular formula is C32H34N4O2. The predicted molar refractivity (Wildman–Crippen MR) is 153 cm³/mol. The number of rotatable bonds is 7. The topological polar surface area (TPSA) is 88.3 Å². The van der Waals surface area contributed by atoms with Gasteiger partial charge in [0.2, 0.25) is 5.91 Å². The van der Waals surface area contributed by atoms with Crippen molar-refractivity contribution in [2.24, 2.45) is 5.92 Å². The van der Waals surface area contributed by atoms with Gasteiger partial charge in [0, 0.05) is 36.5 Å². The third-order valence-corrected chi connectivity index (χ3v) is 7.40. The maximum absolute atomic E-state index is 13.3. The fourth-order valence-electron chi connectivity index (χ4n) is 5.26. The van der Waals surface area contributed by atoms with Crippen molar-refractivity contribution in [3.8, 4) is 11.1 Å². The Balaban J connectivity index is 1.40. The van der Waals surface area contributed by atoms with E-state index in [2.05, 4.69) is 16.4 Å². The number of aryl methyl sites for hydroxylation is 1. The van der Waals surface area contributed by atoms with Crippen molar-refractivity contribution in [3.63, 3.8) is 0 Å². The molecule has 5 rings (SSSR count). The second-order valence-corrected chi connectivity index (χ2v) is 10.2. The number of pyridine rings is 1. The van der Waals surface area contributed by atoms with Crippen LogP contribution in [-0.4, -0.2) is 34.8 Å². The Bertz CT molecular complexity index is 1480. The van der Waals surface area contributed by atoms with E-state index in [1.54, 1.807) is 0 Å². The van der Waals surface area contributed by atoms with E-state index in [9.17, 15) is 9.59 Å². The monoisotopic (exact) mass is 506 g/mol. The fourth-order valence-corrected chi connectivity index (χ4v) is 5.26. The minimum absolute atomic E-state index is 0.0212. The average Bonchev–Trinajstić information content (AvgIpc) is 3.47. The molecule has 0 aliphatic carbocycles. The Morgan fingerprint density at radius 1 is 1.00 bits per heavy atom. The maximum atomic E-state index is 13.3. The zero-order chi connectivity index (χ0) is 26.6. The van der Waals surface area contributed by atoms with E-state index in [4.69, 9.17) is 5.73 Å². The number of nitrogens with zero attached hydrogens (tertiary/aromatic N) is 2. The highest BCUT2D eigenvalue weighted by molar-refractivity contribution is 6.02. The lowest BCUT2D eigenvalue weighted by atomic mass is 9.92. The molecule has 0 bridgehead atoms. The molecule has 0 radical (unpaired) electrons. The molecule has 3 N–H and O–H groups in total. The highest BCUT2D eigenvalue weighted by Gasteiger charge is 2.23. The summed E-state index contributed by atoms with van der Waals surface area (Å²) in [6, 6.07) is 23.9. The lowest BCUT2D eigenvalue weighted by Gasteiger charge is -2.19. The van der Waals surface area contributed by atoms with E-state index < -0.39 is 0 Å². The van der Waals surface area contributed by atoms with Gasteiger partial charge in [-0.25, -0.2) is 4.98 Å². The van der Waals surface area contributed by atoms with Crippen molar-refractivity contribution in [2.45, 2.75) is 39.7 Å². The zero-order valence-electron chi connectivity index (χ0n) is 22.0. The van der Waals surface area contributed by atoms with E-state index in [1.165, 1.54) is 0 Å². The quantitative estimate of drug-likeness (QED) is 0.345. The molecule has 1 aliphatic rings. The predicted octanol–water partition coefficient (Wildman–Crippen LogP) is 5.52. The Kier molecular flexibility index (Phi) is 7.40. The van der Waals surface area contributed by atoms with Crippen molar-refractivity contribution in [3.05, 3.63) is 95.1 Å². The van der Waals surface area contributed by atoms with Crippen molar-refractivity contribution in [2.75, 3.05) is 18.8 Å². The molecule has 1 atom stereocenters. The first-order valence-corrected chi connectivity index (χ1v) is 13.3. The van der Waals surface area contributed by atoms with Crippen LogP contribution in [0.4, 0.5) is 5.82 Å². The standard InChI is InChI=1S/C32H34N4O2/c1-21-9-8-12-27(32(38)36-15-6-7-16-36)29(21)24-13-14-28-25(18-24)19-26(30(33)35-28)17-22(2)31(37)34-20-23-10-4-3-5-11-23/h3-5,8-14,18-19,22H,6-7,15-17,20H2,1-2H3,(H2,33,35)(H,34,37). The average molecular weight is 507 g/mol. The van der Waals surface area contributed by atoms with Crippen molar-refractivity contribution < 1.29 is 9.59 Å². The summed E-state index contributed by atoms with van der Waals surface area (Å²) in [4.78, 5) is 32.7. The molecule has 1 aromatic heterocycles. The summed E-state index contributed by atoms with van der Waals surface area (Å²) in [7, 11) is 0. The summed E-state index contributed by atoms with van der Waals surface area (Å²) >= 11 is 0. The number of nitrogens with two attached hydrogens (primary N) is 1. The van der Waals surface area contributed by atoms with Crippen LogP contribution in [0.25, 0.3) is 22.0 Å². The largest absolute Gasteiger partial charge is 0.383 e. The van der Waals surface area contributed by atoms with Gasteiger partial charge in [0.05, 0.1) is 5.52 Å². The van der Waals surface area contributed by atoms with Crippen molar-refractivity contribution in [1.29, 1.82) is 0 Å². The number of benzene rings is 3. The molecule has 0 spiro atoms. The van der Waals surface area contributed by atoms with Gasteiger partial charge in [0.25, 0.3) is 5.91 Å². The third-order valence-electron chi connectivity index (χ3n) is 7.40. The van der Waals surface area contributed by atoms with Gasteiger partial charge >= 0.3 is 0 Å². The van der Waals surface area contributed by atoms with Gasteiger partial charge in [-0.3, -0.25) is 9.59 Å². The summed E-state index contributed by atoms with van der Waals surface area (Å²) in [5.74, 6) is 0.248. The highest BCUT2D eigenvalue weighted by Crippen LogP contribution is 2.32. The second-order valence-electron chi connectivity index (χ2n) is 10.2. The SMILES string of the molecule is Cc1cccc(C(=O)N2CCCC2)c1-c1ccc2nc(N)c(CC(C)C(=O)NCc3ccccc3)cc2c1. The first-order chi connectivity index (χ1) is 18.4. The lowest BCUT2D eigenvalue weighted by Crippen LogP contribution is -2.30. The van der Waals surface area contributed by atoms with Gasteiger partial charge in [0.15, 0.2) is 0 Å². The van der Waals surface area contributed by atoms with E-state index in [1.807, 2.05) is 85.5 Å². The molecule has 1 unspecified atom stereocenters. The summed E-state index contributed by atoms with van der Waals surface area (Å²) in [6.45, 7) is 6.07. The molecule has 1 aliphatic heterocycles. The number of nitrogens with one attached hydrogen (secondary N) is 1. The Labute approximate surface area is 223 Å². The molecule has 6 nitrogen and oxygen atoms in total. The number of aromatic nitrogens is 1. The van der Waals surface area contributed by atoms with E-state index in [0.29, 0.717) is 18.8 Å². The van der Waals surface area contributed by atoms with Crippen LogP contribution in [0.15, 0.2) is 72.8 Å². The maximum Gasteiger partial charge on any atom is 0.254 e. The second kappa shape index (κ2) is 11.1. The first kappa shape index (κ1) is 25.5. The zero-order valence-corrected chi connectivity index (χ0v) is 22.0. The molecule has 194 valence electrons. The number of carbonyl (C=O) groups excluding carboxylic acids is 2. The number of nitrogen functional groups attached to an aromatic ring is 1. The summed E-state index contributed by atoms with van der Waals surface area (Å²) in [5.41, 5.74) is 12.7. The number of hydrogen-bond acceptors (Lipinski definition) is 4. The van der Waals surface area contributed by atoms with E-state index in [0.717, 1.165) is 70.2 Å². The number of hydrogen-bond donors (Lipinski definition) is 2. The number of likely N-dealkylation sites (tertiary alicyclic amines) is 1. The van der Waals surface area contributed by atoms with Crippen LogP contribution in [0.3, 0.4) is 0 Å². The van der Waals surface area contributed by atoms with Crippen LogP contribution in [0.2, 0.25) is 0 Å². The van der Waals surface area contributed by atoms with Crippen LogP contribution in [0.5, 0.6) is 0 Å². The van der Waals surface area contributed by atoms with Gasteiger partial charge in [-0.05, 0) is 78.3 Å². The van der Waals surface area contributed by atoms with Gasteiger partial charge < -0.3 is 16.0 Å². The van der Waals surface area contributed by atoms with Gasteiger partial charge in [-0.2, -0.15) is 0 Å². The van der Waals surface area contributed by atoms with Crippen molar-refractivity contribution >= 4 is 28.5 Å². The molecule has 38 heavy (non-hydrogen) atoms. The molecule has 1 fully saturated rings. The van der Waals surface area contributed by atoms with Crippen LogP contribution in [0.1, 0.15) is 46.8 Å².